The van der Waals surface area contributed by atoms with Gasteiger partial charge in [0.15, 0.2) is 0 Å². The van der Waals surface area contributed by atoms with E-state index in [0.717, 1.165) is 37.6 Å². The smallest absolute Gasteiger partial charge is 0.320 e. The van der Waals surface area contributed by atoms with E-state index in [0.29, 0.717) is 6.54 Å². The van der Waals surface area contributed by atoms with Crippen LogP contribution in [0.2, 0.25) is 0 Å². The molecule has 0 amide bonds. The highest BCUT2D eigenvalue weighted by Crippen LogP contribution is 2.60. The van der Waals surface area contributed by atoms with Crippen molar-refractivity contribution in [3.05, 3.63) is 33.8 Å². The van der Waals surface area contributed by atoms with Crippen LogP contribution >= 0.6 is 23.5 Å². The van der Waals surface area contributed by atoms with Crippen LogP contribution in [0.25, 0.3) is 0 Å². The number of benzene rings is 1. The van der Waals surface area contributed by atoms with Crippen LogP contribution in [0.1, 0.15) is 30.4 Å². The molecule has 0 radical (unpaired) electrons. The van der Waals surface area contributed by atoms with Crippen LogP contribution in [0.5, 0.6) is 0 Å². The van der Waals surface area contributed by atoms with Crippen molar-refractivity contribution in [1.82, 2.24) is 4.90 Å². The van der Waals surface area contributed by atoms with Crippen molar-refractivity contribution in [2.24, 2.45) is 0 Å². The Labute approximate surface area is 130 Å². The number of likely N-dealkylation sites (tertiary alicyclic amines) is 1. The normalized spacial score (nSPS) is 18.0. The van der Waals surface area contributed by atoms with Crippen LogP contribution in [0.4, 0.5) is 8.78 Å². The van der Waals surface area contributed by atoms with Crippen molar-refractivity contribution in [3.63, 3.8) is 0 Å². The van der Waals surface area contributed by atoms with Crippen LogP contribution in [-0.2, 0) is 16.8 Å². The van der Waals surface area contributed by atoms with Gasteiger partial charge in [0, 0.05) is 16.6 Å². The summed E-state index contributed by atoms with van der Waals surface area (Å²) in [5, 5.41) is 0. The molecule has 118 valence electrons. The van der Waals surface area contributed by atoms with E-state index >= 15 is 0 Å². The monoisotopic (exact) mass is 383 g/mol. The average molecular weight is 384 g/mol. The molecule has 0 saturated carbocycles. The molecule has 0 spiro atoms. The largest absolute Gasteiger partial charge is 0.399 e. The summed E-state index contributed by atoms with van der Waals surface area (Å²) < 4.78 is 38.4. The number of piperidine rings is 1. The third-order valence-corrected chi connectivity index (χ3v) is 5.21. The third kappa shape index (κ3) is 3.90. The second-order valence-corrected chi connectivity index (χ2v) is 7.74. The Morgan fingerprint density at radius 2 is 1.86 bits per heavy atom. The van der Waals surface area contributed by atoms with Gasteiger partial charge in [-0.25, -0.2) is 0 Å². The second kappa shape index (κ2) is 6.42. The molecule has 1 aliphatic heterocycles. The summed E-state index contributed by atoms with van der Waals surface area (Å²) in [6, 6.07) is 4.09. The van der Waals surface area contributed by atoms with Gasteiger partial charge < -0.3 is 9.79 Å². The highest BCUT2D eigenvalue weighted by atomic mass is 79.9. The lowest BCUT2D eigenvalue weighted by molar-refractivity contribution is 0.0557. The van der Waals surface area contributed by atoms with Gasteiger partial charge in [0.05, 0.1) is 0 Å². The molecule has 1 aromatic carbocycles. The van der Waals surface area contributed by atoms with E-state index in [-0.39, 0.29) is 4.47 Å². The first-order valence-electron chi connectivity index (χ1n) is 6.66. The highest BCUT2D eigenvalue weighted by Gasteiger charge is 2.51. The summed E-state index contributed by atoms with van der Waals surface area (Å²) in [7, 11) is -5.54. The van der Waals surface area contributed by atoms with Crippen molar-refractivity contribution >= 4 is 23.5 Å². The lowest BCUT2D eigenvalue weighted by Crippen LogP contribution is -2.29. The maximum Gasteiger partial charge on any atom is 0.399 e. The molecule has 2 N–H and O–H groups in total. The van der Waals surface area contributed by atoms with Gasteiger partial charge in [-0.3, -0.25) is 9.46 Å². The molecule has 1 saturated heterocycles. The Kier molecular flexibility index (Phi) is 5.21. The number of nitrogens with zero attached hydrogens (tertiary/aromatic N) is 1. The van der Waals surface area contributed by atoms with Crippen LogP contribution in [-0.4, -0.2) is 27.8 Å². The van der Waals surface area contributed by atoms with Crippen LogP contribution in [0.15, 0.2) is 22.7 Å². The van der Waals surface area contributed by atoms with Crippen molar-refractivity contribution in [2.75, 3.05) is 13.1 Å². The zero-order valence-corrected chi connectivity index (χ0v) is 13.8. The lowest BCUT2D eigenvalue weighted by atomic mass is 10.1. The van der Waals surface area contributed by atoms with E-state index in [4.69, 9.17) is 9.79 Å². The Balaban J connectivity index is 2.19. The SMILES string of the molecule is O=P(O)(O)C(F)(F)c1ccc(CN2CCCCC2)cc1Br. The van der Waals surface area contributed by atoms with Gasteiger partial charge in [-0.1, -0.05) is 34.5 Å². The summed E-state index contributed by atoms with van der Waals surface area (Å²) in [5.74, 6) is 0. The molecule has 0 bridgehead atoms. The molecule has 1 heterocycles. The van der Waals surface area contributed by atoms with E-state index in [1.165, 1.54) is 18.6 Å². The molecular weight excluding hydrogens is 367 g/mol. The van der Waals surface area contributed by atoms with Gasteiger partial charge in [-0.15, -0.1) is 0 Å². The average Bonchev–Trinajstić information content (AvgIpc) is 2.38. The fourth-order valence-electron chi connectivity index (χ4n) is 2.43. The van der Waals surface area contributed by atoms with Crippen molar-refractivity contribution in [1.29, 1.82) is 0 Å². The summed E-state index contributed by atoms with van der Waals surface area (Å²) in [5.41, 5.74) is -4.03. The van der Waals surface area contributed by atoms with Crippen LogP contribution in [0.3, 0.4) is 0 Å². The topological polar surface area (TPSA) is 60.8 Å². The first-order valence-corrected chi connectivity index (χ1v) is 9.07. The minimum absolute atomic E-state index is 0.0188. The Morgan fingerprint density at radius 3 is 2.38 bits per heavy atom. The lowest BCUT2D eigenvalue weighted by Gasteiger charge is -2.27. The summed E-state index contributed by atoms with van der Waals surface area (Å²) in [6.07, 6.45) is 3.48. The van der Waals surface area contributed by atoms with E-state index in [1.54, 1.807) is 0 Å². The predicted octanol–water partition coefficient (Wildman–Crippen LogP) is 3.66. The quantitative estimate of drug-likeness (QED) is 0.778. The Morgan fingerprint density at radius 1 is 1.24 bits per heavy atom. The maximum absolute atomic E-state index is 13.7. The molecule has 0 unspecified atom stereocenters. The summed E-state index contributed by atoms with van der Waals surface area (Å²) in [6.45, 7) is 2.62. The number of hydrogen-bond acceptors (Lipinski definition) is 2. The molecule has 1 fully saturated rings. The molecular formula is C13H17BrF2NO3P. The van der Waals surface area contributed by atoms with Crippen LogP contribution < -0.4 is 0 Å². The van der Waals surface area contributed by atoms with Gasteiger partial charge in [0.2, 0.25) is 0 Å². The molecule has 1 aliphatic rings. The predicted molar refractivity (Wildman–Crippen MR) is 79.2 cm³/mol. The fourth-order valence-corrected chi connectivity index (χ4v) is 3.77. The van der Waals surface area contributed by atoms with Crippen molar-refractivity contribution in [3.8, 4) is 0 Å². The van der Waals surface area contributed by atoms with Gasteiger partial charge in [-0.2, -0.15) is 8.78 Å². The van der Waals surface area contributed by atoms with Crippen LogP contribution in [0, 0.1) is 0 Å². The standard InChI is InChI=1S/C13H17BrF2NO3P/c14-12-8-10(9-17-6-2-1-3-7-17)4-5-11(12)13(15,16)21(18,19)20/h4-5,8H,1-3,6-7,9H2,(H2,18,19,20). The third-order valence-electron chi connectivity index (χ3n) is 3.58. The Bertz CT molecular complexity index is 558. The molecule has 0 aliphatic carbocycles. The van der Waals surface area contributed by atoms with E-state index in [1.807, 2.05) is 0 Å². The zero-order valence-electron chi connectivity index (χ0n) is 11.3. The molecule has 8 heteroatoms. The van der Waals surface area contributed by atoms with E-state index in [9.17, 15) is 13.3 Å². The van der Waals surface area contributed by atoms with Crippen molar-refractivity contribution < 1.29 is 23.1 Å². The first kappa shape index (κ1) is 17.0. The number of alkyl halides is 2. The van der Waals surface area contributed by atoms with Gasteiger partial charge in [0.1, 0.15) is 0 Å². The van der Waals surface area contributed by atoms with Crippen molar-refractivity contribution in [2.45, 2.75) is 31.5 Å². The fraction of sp³-hybridized carbons (Fsp3) is 0.538. The number of rotatable bonds is 4. The maximum atomic E-state index is 13.7. The second-order valence-electron chi connectivity index (χ2n) is 5.24. The minimum Gasteiger partial charge on any atom is -0.320 e. The summed E-state index contributed by atoms with van der Waals surface area (Å²) in [4.78, 5) is 19.8. The van der Waals surface area contributed by atoms with Gasteiger partial charge in [0.25, 0.3) is 0 Å². The van der Waals surface area contributed by atoms with Gasteiger partial charge in [-0.05, 0) is 37.6 Å². The zero-order chi connectivity index (χ0) is 15.7. The Hall–Kier alpha value is -0.330. The number of halogens is 3. The number of hydrogen-bond donors (Lipinski definition) is 2. The van der Waals surface area contributed by atoms with E-state index < -0.39 is 18.8 Å². The van der Waals surface area contributed by atoms with E-state index in [2.05, 4.69) is 20.8 Å². The molecule has 2 rings (SSSR count). The van der Waals surface area contributed by atoms with Gasteiger partial charge >= 0.3 is 13.3 Å². The molecule has 4 nitrogen and oxygen atoms in total. The molecule has 1 aromatic rings. The first-order chi connectivity index (χ1) is 9.72. The summed E-state index contributed by atoms with van der Waals surface area (Å²) >= 11 is 3.00. The minimum atomic E-state index is -5.54. The highest BCUT2D eigenvalue weighted by molar-refractivity contribution is 9.10. The molecule has 0 atom stereocenters. The molecule has 21 heavy (non-hydrogen) atoms. The molecule has 0 aromatic heterocycles.